The van der Waals surface area contributed by atoms with Crippen molar-refractivity contribution >= 4 is 12.0 Å². The molecule has 0 saturated carbocycles. The van der Waals surface area contributed by atoms with E-state index in [0.717, 1.165) is 12.1 Å². The lowest BCUT2D eigenvalue weighted by Crippen LogP contribution is -2.67. The van der Waals surface area contributed by atoms with Crippen LogP contribution in [0.3, 0.4) is 0 Å². The van der Waals surface area contributed by atoms with E-state index in [0.29, 0.717) is 5.56 Å². The average molecular weight is 366 g/mol. The highest BCUT2D eigenvalue weighted by atomic mass is 19.4. The van der Waals surface area contributed by atoms with Crippen LogP contribution in [0.2, 0.25) is 0 Å². The predicted molar refractivity (Wildman–Crippen MR) is 78.8 cm³/mol. The lowest BCUT2D eigenvalue weighted by molar-refractivity contribution is -0.283. The number of alkyl halides is 3. The predicted octanol–water partition coefficient (Wildman–Crippen LogP) is 2.48. The Hall–Kier alpha value is -2.36. The van der Waals surface area contributed by atoms with E-state index in [1.54, 1.807) is 0 Å². The molecule has 0 bridgehead atoms. The number of esters is 1. The molecule has 0 heterocycles. The molecule has 1 aromatic rings. The SMILES string of the molecule is CCOC(=O)[C@](NC(=O)NCc1ccc(F)cc1)(OCC)C(F)(F)F. The van der Waals surface area contributed by atoms with Crippen LogP contribution in [0.25, 0.3) is 0 Å². The monoisotopic (exact) mass is 366 g/mol. The van der Waals surface area contributed by atoms with Crippen LogP contribution in [-0.2, 0) is 20.8 Å². The number of benzene rings is 1. The van der Waals surface area contributed by atoms with E-state index in [2.05, 4.69) is 14.8 Å². The molecule has 0 fully saturated rings. The summed E-state index contributed by atoms with van der Waals surface area (Å²) in [7, 11) is 0. The van der Waals surface area contributed by atoms with Crippen LogP contribution in [0.4, 0.5) is 22.4 Å². The third-order valence-corrected chi connectivity index (χ3v) is 2.98. The Morgan fingerprint density at radius 2 is 1.68 bits per heavy atom. The third kappa shape index (κ3) is 5.31. The van der Waals surface area contributed by atoms with E-state index in [9.17, 15) is 27.2 Å². The first-order valence-corrected chi connectivity index (χ1v) is 7.34. The van der Waals surface area contributed by atoms with E-state index in [1.165, 1.54) is 31.3 Å². The maximum absolute atomic E-state index is 13.4. The highest BCUT2D eigenvalue weighted by Gasteiger charge is 2.64. The van der Waals surface area contributed by atoms with E-state index in [-0.39, 0.29) is 13.2 Å². The number of carbonyl (C=O) groups is 2. The van der Waals surface area contributed by atoms with Gasteiger partial charge in [0.05, 0.1) is 6.61 Å². The molecule has 0 saturated heterocycles. The number of nitrogens with one attached hydrogen (secondary N) is 2. The topological polar surface area (TPSA) is 76.7 Å². The highest BCUT2D eigenvalue weighted by Crippen LogP contribution is 2.33. The Bertz CT molecular complexity index is 592. The molecule has 0 aliphatic heterocycles. The number of halogens is 4. The lowest BCUT2D eigenvalue weighted by atomic mass is 10.2. The highest BCUT2D eigenvalue weighted by molar-refractivity contribution is 5.87. The third-order valence-electron chi connectivity index (χ3n) is 2.98. The quantitative estimate of drug-likeness (QED) is 0.442. The molecule has 0 spiro atoms. The molecule has 25 heavy (non-hydrogen) atoms. The van der Waals surface area contributed by atoms with Crippen LogP contribution in [-0.4, -0.2) is 37.1 Å². The number of hydrogen-bond donors (Lipinski definition) is 2. The minimum atomic E-state index is -5.25. The normalized spacial score (nSPS) is 13.7. The molecule has 140 valence electrons. The Balaban J connectivity index is 2.89. The van der Waals surface area contributed by atoms with Crippen molar-refractivity contribution in [1.29, 1.82) is 0 Å². The maximum Gasteiger partial charge on any atom is 0.448 e. The van der Waals surface area contributed by atoms with Gasteiger partial charge in [0, 0.05) is 13.2 Å². The van der Waals surface area contributed by atoms with Gasteiger partial charge in [-0.15, -0.1) is 0 Å². The zero-order chi connectivity index (χ0) is 19.1. The van der Waals surface area contributed by atoms with Gasteiger partial charge in [0.2, 0.25) is 0 Å². The van der Waals surface area contributed by atoms with E-state index in [4.69, 9.17) is 0 Å². The Morgan fingerprint density at radius 1 is 1.08 bits per heavy atom. The van der Waals surface area contributed by atoms with Crippen LogP contribution in [0.5, 0.6) is 0 Å². The van der Waals surface area contributed by atoms with Gasteiger partial charge in [-0.25, -0.2) is 14.0 Å². The molecule has 1 atom stereocenters. The van der Waals surface area contributed by atoms with E-state index >= 15 is 0 Å². The van der Waals surface area contributed by atoms with Gasteiger partial charge in [-0.05, 0) is 31.5 Å². The minimum Gasteiger partial charge on any atom is -0.462 e. The zero-order valence-electron chi connectivity index (χ0n) is 13.6. The Labute approximate surface area is 141 Å². The van der Waals surface area contributed by atoms with E-state index < -0.39 is 36.3 Å². The molecule has 0 unspecified atom stereocenters. The van der Waals surface area contributed by atoms with Gasteiger partial charge in [0.15, 0.2) is 0 Å². The molecule has 0 aliphatic carbocycles. The van der Waals surface area contributed by atoms with Gasteiger partial charge in [0.25, 0.3) is 0 Å². The second kappa shape index (κ2) is 8.65. The van der Waals surface area contributed by atoms with Crippen molar-refractivity contribution in [3.8, 4) is 0 Å². The van der Waals surface area contributed by atoms with Crippen molar-refractivity contribution in [2.75, 3.05) is 13.2 Å². The molecule has 0 aromatic heterocycles. The first-order chi connectivity index (χ1) is 11.7. The number of urea groups is 1. The summed E-state index contributed by atoms with van der Waals surface area (Å²) in [6.45, 7) is 1.53. The van der Waals surface area contributed by atoms with Crippen molar-refractivity contribution in [1.82, 2.24) is 10.6 Å². The van der Waals surface area contributed by atoms with Gasteiger partial charge in [-0.2, -0.15) is 13.2 Å². The number of carbonyl (C=O) groups excluding carboxylic acids is 2. The second-order valence-electron chi connectivity index (χ2n) is 4.77. The largest absolute Gasteiger partial charge is 0.462 e. The summed E-state index contributed by atoms with van der Waals surface area (Å²) in [5, 5.41) is 3.63. The van der Waals surface area contributed by atoms with E-state index in [1.807, 2.05) is 0 Å². The van der Waals surface area contributed by atoms with Gasteiger partial charge >= 0.3 is 23.9 Å². The standard InChI is InChI=1S/C15H18F4N2O4/c1-3-24-12(22)14(25-4-2,15(17,18)19)21-13(23)20-9-10-5-7-11(16)8-6-10/h5-8H,3-4,9H2,1-2H3,(H2,20,21,23)/t14-/m0/s1. The number of rotatable bonds is 7. The summed E-state index contributed by atoms with van der Waals surface area (Å²) in [6.07, 6.45) is -5.25. The summed E-state index contributed by atoms with van der Waals surface area (Å²) in [5.74, 6) is -2.27. The fourth-order valence-corrected chi connectivity index (χ4v) is 1.85. The Kier molecular flexibility index (Phi) is 7.16. The van der Waals surface area contributed by atoms with Crippen LogP contribution in [0, 0.1) is 5.82 Å². The average Bonchev–Trinajstić information content (AvgIpc) is 2.53. The molecule has 10 heteroatoms. The summed E-state index contributed by atoms with van der Waals surface area (Å²) < 4.78 is 61.9. The summed E-state index contributed by atoms with van der Waals surface area (Å²) >= 11 is 0. The number of ether oxygens (including phenoxy) is 2. The maximum atomic E-state index is 13.4. The molecule has 0 radical (unpaired) electrons. The number of amides is 2. The fraction of sp³-hybridized carbons (Fsp3) is 0.467. The van der Waals surface area contributed by atoms with Crippen molar-refractivity contribution in [2.24, 2.45) is 0 Å². The van der Waals surface area contributed by atoms with Crippen LogP contribution < -0.4 is 10.6 Å². The molecular formula is C15H18F4N2O4. The molecular weight excluding hydrogens is 348 g/mol. The smallest absolute Gasteiger partial charge is 0.448 e. The van der Waals surface area contributed by atoms with Gasteiger partial charge < -0.3 is 14.8 Å². The molecule has 0 aliphatic rings. The van der Waals surface area contributed by atoms with Gasteiger partial charge in [-0.1, -0.05) is 12.1 Å². The van der Waals surface area contributed by atoms with Crippen molar-refractivity contribution in [3.05, 3.63) is 35.6 Å². The summed E-state index contributed by atoms with van der Waals surface area (Å²) in [6, 6.07) is 3.66. The van der Waals surface area contributed by atoms with Crippen LogP contribution >= 0.6 is 0 Å². The molecule has 1 rings (SSSR count). The number of hydrogen-bond acceptors (Lipinski definition) is 4. The first kappa shape index (κ1) is 20.7. The summed E-state index contributed by atoms with van der Waals surface area (Å²) in [5.41, 5.74) is -3.17. The molecule has 6 nitrogen and oxygen atoms in total. The molecule has 2 N–H and O–H groups in total. The van der Waals surface area contributed by atoms with Gasteiger partial charge in [0.1, 0.15) is 5.82 Å². The zero-order valence-corrected chi connectivity index (χ0v) is 13.6. The first-order valence-electron chi connectivity index (χ1n) is 7.34. The molecule has 1 aromatic carbocycles. The van der Waals surface area contributed by atoms with Crippen molar-refractivity contribution < 1.29 is 36.6 Å². The lowest BCUT2D eigenvalue weighted by Gasteiger charge is -2.33. The van der Waals surface area contributed by atoms with Crippen LogP contribution in [0.1, 0.15) is 19.4 Å². The van der Waals surface area contributed by atoms with Crippen molar-refractivity contribution in [3.63, 3.8) is 0 Å². The molecule has 2 amide bonds. The fourth-order valence-electron chi connectivity index (χ4n) is 1.85. The minimum absolute atomic E-state index is 0.186. The van der Waals surface area contributed by atoms with Crippen molar-refractivity contribution in [2.45, 2.75) is 32.3 Å². The van der Waals surface area contributed by atoms with Gasteiger partial charge in [-0.3, -0.25) is 5.32 Å². The Morgan fingerprint density at radius 3 is 2.16 bits per heavy atom. The van der Waals surface area contributed by atoms with Crippen LogP contribution in [0.15, 0.2) is 24.3 Å². The second-order valence-corrected chi connectivity index (χ2v) is 4.77. The summed E-state index contributed by atoms with van der Waals surface area (Å²) in [4.78, 5) is 23.6.